The van der Waals surface area contributed by atoms with Crippen molar-refractivity contribution < 1.29 is 4.79 Å². The lowest BCUT2D eigenvalue weighted by atomic mass is 9.91. The minimum absolute atomic E-state index is 0.0829. The maximum atomic E-state index is 11.6. The van der Waals surface area contributed by atoms with Gasteiger partial charge in [-0.2, -0.15) is 5.26 Å². The predicted molar refractivity (Wildman–Crippen MR) is 64.2 cm³/mol. The minimum Gasteiger partial charge on any atom is -0.354 e. The molecule has 0 bridgehead atoms. The Morgan fingerprint density at radius 2 is 2.53 bits per heavy atom. The molecule has 0 aliphatic carbocycles. The van der Waals surface area contributed by atoms with Crippen molar-refractivity contribution in [2.24, 2.45) is 5.92 Å². The van der Waals surface area contributed by atoms with Gasteiger partial charge in [0, 0.05) is 19.1 Å². The molecule has 2 N–H and O–H groups in total. The number of likely N-dealkylation sites (tertiary alicyclic amines) is 1. The topological polar surface area (TPSA) is 68.2 Å². The SMILES string of the molecule is CNC(C#N)CCN1CCCC2C(=O)NCC21. The molecule has 2 heterocycles. The largest absolute Gasteiger partial charge is 0.354 e. The van der Waals surface area contributed by atoms with Crippen molar-refractivity contribution >= 4 is 5.91 Å². The Morgan fingerprint density at radius 1 is 1.71 bits per heavy atom. The molecule has 2 fully saturated rings. The van der Waals surface area contributed by atoms with Gasteiger partial charge < -0.3 is 10.6 Å². The van der Waals surface area contributed by atoms with Gasteiger partial charge in [-0.3, -0.25) is 9.69 Å². The minimum atomic E-state index is -0.0829. The molecule has 2 rings (SSSR count). The summed E-state index contributed by atoms with van der Waals surface area (Å²) in [6.45, 7) is 2.73. The maximum absolute atomic E-state index is 11.6. The number of nitriles is 1. The van der Waals surface area contributed by atoms with Gasteiger partial charge >= 0.3 is 0 Å². The first-order chi connectivity index (χ1) is 8.26. The average Bonchev–Trinajstić information content (AvgIpc) is 2.73. The van der Waals surface area contributed by atoms with Crippen LogP contribution < -0.4 is 10.6 Å². The van der Waals surface area contributed by atoms with Crippen LogP contribution in [0.4, 0.5) is 0 Å². The number of carbonyl (C=O) groups excluding carboxylic acids is 1. The molecule has 0 aromatic carbocycles. The second-order valence-electron chi connectivity index (χ2n) is 4.86. The first-order valence-electron chi connectivity index (χ1n) is 6.35. The van der Waals surface area contributed by atoms with Crippen molar-refractivity contribution in [3.8, 4) is 6.07 Å². The lowest BCUT2D eigenvalue weighted by molar-refractivity contribution is -0.124. The van der Waals surface area contributed by atoms with Crippen molar-refractivity contribution in [3.05, 3.63) is 0 Å². The standard InChI is InChI=1S/C12H20N4O/c1-14-9(7-13)4-6-16-5-2-3-10-11(16)8-15-12(10)17/h9-11,14H,2-6,8H2,1H3,(H,15,17). The van der Waals surface area contributed by atoms with Crippen LogP contribution in [0.2, 0.25) is 0 Å². The Labute approximate surface area is 102 Å². The predicted octanol–water partition coefficient (Wildman–Crippen LogP) is -0.302. The summed E-state index contributed by atoms with van der Waals surface area (Å²) in [7, 11) is 1.81. The first-order valence-corrected chi connectivity index (χ1v) is 6.35. The fourth-order valence-corrected chi connectivity index (χ4v) is 2.89. The third-order valence-electron chi connectivity index (χ3n) is 3.93. The zero-order valence-electron chi connectivity index (χ0n) is 10.3. The van der Waals surface area contributed by atoms with Gasteiger partial charge in [0.1, 0.15) is 0 Å². The van der Waals surface area contributed by atoms with E-state index in [1.54, 1.807) is 0 Å². The van der Waals surface area contributed by atoms with Crippen LogP contribution >= 0.6 is 0 Å². The molecule has 0 aromatic heterocycles. The number of nitrogens with zero attached hydrogens (tertiary/aromatic N) is 2. The molecule has 2 aliphatic rings. The van der Waals surface area contributed by atoms with Crippen molar-refractivity contribution in [2.75, 3.05) is 26.7 Å². The number of fused-ring (bicyclic) bond motifs is 1. The molecule has 5 heteroatoms. The second kappa shape index (κ2) is 5.48. The number of piperidine rings is 1. The molecular formula is C12H20N4O. The van der Waals surface area contributed by atoms with Crippen LogP contribution in [0.15, 0.2) is 0 Å². The van der Waals surface area contributed by atoms with Gasteiger partial charge in [0.05, 0.1) is 18.0 Å². The summed E-state index contributed by atoms with van der Waals surface area (Å²) >= 11 is 0. The van der Waals surface area contributed by atoms with E-state index in [-0.39, 0.29) is 17.9 Å². The highest BCUT2D eigenvalue weighted by atomic mass is 16.2. The highest BCUT2D eigenvalue weighted by Crippen LogP contribution is 2.27. The van der Waals surface area contributed by atoms with Crippen LogP contribution in [-0.2, 0) is 4.79 Å². The molecule has 0 aromatic rings. The number of hydrogen-bond acceptors (Lipinski definition) is 4. The quantitative estimate of drug-likeness (QED) is 0.703. The highest BCUT2D eigenvalue weighted by Gasteiger charge is 2.40. The Bertz CT molecular complexity index is 325. The number of carbonyl (C=O) groups is 1. The molecule has 0 spiro atoms. The number of nitrogens with one attached hydrogen (secondary N) is 2. The molecule has 0 saturated carbocycles. The van der Waals surface area contributed by atoms with E-state index in [2.05, 4.69) is 21.6 Å². The molecule has 17 heavy (non-hydrogen) atoms. The summed E-state index contributed by atoms with van der Waals surface area (Å²) in [4.78, 5) is 14.0. The van der Waals surface area contributed by atoms with E-state index < -0.39 is 0 Å². The molecule has 0 radical (unpaired) electrons. The van der Waals surface area contributed by atoms with Crippen LogP contribution in [0.3, 0.4) is 0 Å². The van der Waals surface area contributed by atoms with Gasteiger partial charge in [0.2, 0.25) is 5.91 Å². The van der Waals surface area contributed by atoms with Gasteiger partial charge in [-0.05, 0) is 32.9 Å². The maximum Gasteiger partial charge on any atom is 0.224 e. The fraction of sp³-hybridized carbons (Fsp3) is 0.833. The summed E-state index contributed by atoms with van der Waals surface area (Å²) in [5.74, 6) is 0.393. The second-order valence-corrected chi connectivity index (χ2v) is 4.86. The molecule has 5 nitrogen and oxygen atoms in total. The number of rotatable bonds is 4. The van der Waals surface area contributed by atoms with E-state index in [9.17, 15) is 4.79 Å². The van der Waals surface area contributed by atoms with E-state index in [4.69, 9.17) is 5.26 Å². The van der Waals surface area contributed by atoms with Crippen LogP contribution in [0.1, 0.15) is 19.3 Å². The van der Waals surface area contributed by atoms with Crippen LogP contribution in [-0.4, -0.2) is 49.6 Å². The summed E-state index contributed by atoms with van der Waals surface area (Å²) in [6, 6.07) is 2.51. The Kier molecular flexibility index (Phi) is 3.97. The van der Waals surface area contributed by atoms with E-state index in [0.717, 1.165) is 38.9 Å². The smallest absolute Gasteiger partial charge is 0.224 e. The van der Waals surface area contributed by atoms with Crippen molar-refractivity contribution in [3.63, 3.8) is 0 Å². The van der Waals surface area contributed by atoms with Crippen LogP contribution in [0.5, 0.6) is 0 Å². The van der Waals surface area contributed by atoms with Crippen LogP contribution in [0.25, 0.3) is 0 Å². The van der Waals surface area contributed by atoms with Crippen molar-refractivity contribution in [2.45, 2.75) is 31.3 Å². The summed E-state index contributed by atoms with van der Waals surface area (Å²) in [6.07, 6.45) is 2.93. The summed E-state index contributed by atoms with van der Waals surface area (Å²) < 4.78 is 0. The van der Waals surface area contributed by atoms with Gasteiger partial charge in [0.25, 0.3) is 0 Å². The molecule has 1 amide bonds. The molecule has 2 aliphatic heterocycles. The third kappa shape index (κ3) is 2.59. The lowest BCUT2D eigenvalue weighted by Crippen LogP contribution is -2.46. The normalized spacial score (nSPS) is 30.5. The van der Waals surface area contributed by atoms with Crippen LogP contribution in [0, 0.1) is 17.2 Å². The molecule has 3 unspecified atom stereocenters. The molecule has 3 atom stereocenters. The zero-order chi connectivity index (χ0) is 12.3. The summed E-state index contributed by atoms with van der Waals surface area (Å²) in [5, 5.41) is 14.8. The van der Waals surface area contributed by atoms with E-state index in [1.165, 1.54) is 0 Å². The summed E-state index contributed by atoms with van der Waals surface area (Å²) in [5.41, 5.74) is 0. The van der Waals surface area contributed by atoms with E-state index >= 15 is 0 Å². The van der Waals surface area contributed by atoms with Gasteiger partial charge in [-0.15, -0.1) is 0 Å². The highest BCUT2D eigenvalue weighted by molar-refractivity contribution is 5.82. The van der Waals surface area contributed by atoms with Crippen molar-refractivity contribution in [1.82, 2.24) is 15.5 Å². The van der Waals surface area contributed by atoms with Crippen molar-refractivity contribution in [1.29, 1.82) is 5.26 Å². The lowest BCUT2D eigenvalue weighted by Gasteiger charge is -2.36. The monoisotopic (exact) mass is 236 g/mol. The number of hydrogen-bond donors (Lipinski definition) is 2. The zero-order valence-corrected chi connectivity index (χ0v) is 10.3. The van der Waals surface area contributed by atoms with E-state index in [0.29, 0.717) is 6.04 Å². The molecule has 2 saturated heterocycles. The Hall–Kier alpha value is -1.12. The first kappa shape index (κ1) is 12.3. The van der Waals surface area contributed by atoms with Gasteiger partial charge in [-0.1, -0.05) is 0 Å². The van der Waals surface area contributed by atoms with Gasteiger partial charge in [-0.25, -0.2) is 0 Å². The fourth-order valence-electron chi connectivity index (χ4n) is 2.89. The van der Waals surface area contributed by atoms with E-state index in [1.807, 2.05) is 7.05 Å². The van der Waals surface area contributed by atoms with Gasteiger partial charge in [0.15, 0.2) is 0 Å². The Morgan fingerprint density at radius 3 is 3.24 bits per heavy atom. The molecular weight excluding hydrogens is 216 g/mol. The number of amides is 1. The molecule has 94 valence electrons. The third-order valence-corrected chi connectivity index (χ3v) is 3.93. The average molecular weight is 236 g/mol. The Balaban J connectivity index is 1.88.